The molecular formula is C15H15N5O. The third-order valence-corrected chi connectivity index (χ3v) is 3.93. The number of rotatable bonds is 1. The molecule has 2 aromatic heterocycles. The minimum Gasteiger partial charge on any atom is -0.359 e. The average molecular weight is 281 g/mol. The summed E-state index contributed by atoms with van der Waals surface area (Å²) in [6, 6.07) is 2.14. The van der Waals surface area contributed by atoms with Gasteiger partial charge in [0.15, 0.2) is 5.82 Å². The molecule has 0 spiro atoms. The number of aromatic amines is 3. The highest BCUT2D eigenvalue weighted by atomic mass is 16.1. The van der Waals surface area contributed by atoms with Gasteiger partial charge in [-0.05, 0) is 43.4 Å². The van der Waals surface area contributed by atoms with E-state index in [2.05, 4.69) is 31.2 Å². The van der Waals surface area contributed by atoms with Crippen molar-refractivity contribution >= 4 is 24.3 Å². The van der Waals surface area contributed by atoms with Gasteiger partial charge < -0.3 is 4.98 Å². The second-order valence-corrected chi connectivity index (χ2v) is 5.33. The van der Waals surface area contributed by atoms with Gasteiger partial charge in [-0.15, -0.1) is 0 Å². The lowest BCUT2D eigenvalue weighted by Gasteiger charge is -2.08. The molecular weight excluding hydrogens is 266 g/mol. The van der Waals surface area contributed by atoms with E-state index in [1.54, 1.807) is 12.4 Å². The number of H-pyrrole nitrogens is 3. The first-order valence-electron chi connectivity index (χ1n) is 7.11. The van der Waals surface area contributed by atoms with Gasteiger partial charge in [-0.25, -0.2) is 9.98 Å². The number of hydrogen-bond donors (Lipinski definition) is 3. The van der Waals surface area contributed by atoms with Gasteiger partial charge in [0, 0.05) is 23.8 Å². The summed E-state index contributed by atoms with van der Waals surface area (Å²) in [4.78, 5) is 23.7. The van der Waals surface area contributed by atoms with Gasteiger partial charge in [0.25, 0.3) is 5.56 Å². The van der Waals surface area contributed by atoms with Gasteiger partial charge in [0.1, 0.15) is 5.35 Å². The van der Waals surface area contributed by atoms with Crippen LogP contribution in [0.5, 0.6) is 0 Å². The van der Waals surface area contributed by atoms with Crippen LogP contribution in [0.15, 0.2) is 20.8 Å². The Morgan fingerprint density at radius 1 is 1.10 bits per heavy atom. The molecule has 0 amide bonds. The van der Waals surface area contributed by atoms with Gasteiger partial charge >= 0.3 is 0 Å². The summed E-state index contributed by atoms with van der Waals surface area (Å²) in [7, 11) is 0. The summed E-state index contributed by atoms with van der Waals surface area (Å²) in [5.41, 5.74) is 3.46. The molecule has 2 aliphatic rings. The number of nitrogens with zero attached hydrogens (tertiary/aromatic N) is 2. The quantitative estimate of drug-likeness (QED) is 0.672. The second kappa shape index (κ2) is 4.73. The van der Waals surface area contributed by atoms with Crippen molar-refractivity contribution in [2.75, 3.05) is 0 Å². The van der Waals surface area contributed by atoms with E-state index in [9.17, 15) is 4.79 Å². The Morgan fingerprint density at radius 3 is 2.71 bits per heavy atom. The zero-order valence-electron chi connectivity index (χ0n) is 11.4. The van der Waals surface area contributed by atoms with Crippen molar-refractivity contribution in [3.05, 3.63) is 43.9 Å². The molecule has 6 heteroatoms. The molecule has 0 unspecified atom stereocenters. The summed E-state index contributed by atoms with van der Waals surface area (Å²) >= 11 is 0. The molecule has 106 valence electrons. The molecule has 0 fully saturated rings. The van der Waals surface area contributed by atoms with Crippen molar-refractivity contribution in [3.63, 3.8) is 0 Å². The predicted molar refractivity (Wildman–Crippen MR) is 82.1 cm³/mol. The van der Waals surface area contributed by atoms with Gasteiger partial charge in [-0.1, -0.05) is 0 Å². The highest BCUT2D eigenvalue weighted by Crippen LogP contribution is 2.21. The van der Waals surface area contributed by atoms with Gasteiger partial charge in [-0.3, -0.25) is 15.0 Å². The molecule has 0 atom stereocenters. The highest BCUT2D eigenvalue weighted by Gasteiger charge is 2.12. The average Bonchev–Trinajstić information content (AvgIpc) is 3.19. The fourth-order valence-corrected chi connectivity index (χ4v) is 2.91. The second-order valence-electron chi connectivity index (χ2n) is 5.33. The molecule has 0 bridgehead atoms. The topological polar surface area (TPSA) is 89.2 Å². The largest absolute Gasteiger partial charge is 0.359 e. The van der Waals surface area contributed by atoms with E-state index in [0.29, 0.717) is 16.4 Å². The smallest absolute Gasteiger partial charge is 0.272 e. The first kappa shape index (κ1) is 12.1. The maximum atomic E-state index is 12.0. The molecule has 1 aliphatic heterocycles. The maximum absolute atomic E-state index is 12.0. The minimum atomic E-state index is -0.164. The number of nitrogens with one attached hydrogen (secondary N) is 3. The molecule has 4 rings (SSSR count). The summed E-state index contributed by atoms with van der Waals surface area (Å²) in [6.45, 7) is 0. The molecule has 0 saturated carbocycles. The lowest BCUT2D eigenvalue weighted by atomic mass is 9.98. The molecule has 0 radical (unpaired) electrons. The van der Waals surface area contributed by atoms with E-state index in [1.165, 1.54) is 24.1 Å². The normalized spacial score (nSPS) is 17.7. The molecule has 21 heavy (non-hydrogen) atoms. The van der Waals surface area contributed by atoms with E-state index in [4.69, 9.17) is 0 Å². The first-order valence-corrected chi connectivity index (χ1v) is 7.11. The molecule has 3 heterocycles. The molecule has 1 aliphatic carbocycles. The zero-order chi connectivity index (χ0) is 14.2. The SMILES string of the molecule is O=c1[nH][nH]c(=C2N=CC=N2)/c1=C\c1cc2c([nH]1)CCCC2. The number of hydrogen-bond acceptors (Lipinski definition) is 3. The van der Waals surface area contributed by atoms with Crippen LogP contribution in [0.3, 0.4) is 0 Å². The van der Waals surface area contributed by atoms with Crippen LogP contribution in [-0.4, -0.2) is 27.6 Å². The Hall–Kier alpha value is -2.63. The Morgan fingerprint density at radius 2 is 1.90 bits per heavy atom. The van der Waals surface area contributed by atoms with Crippen LogP contribution in [0.4, 0.5) is 0 Å². The molecule has 2 aromatic rings. The number of aliphatic imine (C=N–C) groups is 2. The van der Waals surface area contributed by atoms with E-state index in [-0.39, 0.29) is 5.56 Å². The standard InChI is InChI=1S/C15H15N5O/c21-15-11(13(19-20-15)14-16-5-6-17-14)8-10-7-9-3-1-2-4-12(9)18-10/h5-8,18-19H,1-4H2,(H,20,21)/b11-8+. The van der Waals surface area contributed by atoms with Crippen molar-refractivity contribution in [1.29, 1.82) is 0 Å². The van der Waals surface area contributed by atoms with Crippen LogP contribution in [0.2, 0.25) is 0 Å². The molecule has 0 aromatic carbocycles. The monoisotopic (exact) mass is 281 g/mol. The minimum absolute atomic E-state index is 0.164. The fourth-order valence-electron chi connectivity index (χ4n) is 2.91. The lowest BCUT2D eigenvalue weighted by molar-refractivity contribution is 0.677. The van der Waals surface area contributed by atoms with Crippen molar-refractivity contribution in [2.45, 2.75) is 25.7 Å². The van der Waals surface area contributed by atoms with Crippen molar-refractivity contribution in [2.24, 2.45) is 9.98 Å². The number of aromatic nitrogens is 3. The van der Waals surface area contributed by atoms with Crippen LogP contribution in [0.25, 0.3) is 11.9 Å². The Labute approximate surface area is 120 Å². The lowest BCUT2D eigenvalue weighted by Crippen LogP contribution is -2.34. The fraction of sp³-hybridized carbons (Fsp3) is 0.267. The van der Waals surface area contributed by atoms with Crippen LogP contribution in [0.1, 0.15) is 29.8 Å². The molecule has 0 saturated heterocycles. The molecule has 6 nitrogen and oxygen atoms in total. The number of fused-ring (bicyclic) bond motifs is 1. The Kier molecular flexibility index (Phi) is 2.73. The first-order chi connectivity index (χ1) is 10.3. The summed E-state index contributed by atoms with van der Waals surface area (Å²) in [6.07, 6.45) is 9.74. The third-order valence-electron chi connectivity index (χ3n) is 3.93. The maximum Gasteiger partial charge on any atom is 0.272 e. The van der Waals surface area contributed by atoms with Crippen molar-refractivity contribution in [3.8, 4) is 0 Å². The van der Waals surface area contributed by atoms with Gasteiger partial charge in [0.05, 0.1) is 5.22 Å². The van der Waals surface area contributed by atoms with E-state index in [1.807, 2.05) is 6.08 Å². The zero-order valence-corrected chi connectivity index (χ0v) is 11.4. The van der Waals surface area contributed by atoms with Crippen molar-refractivity contribution < 1.29 is 0 Å². The van der Waals surface area contributed by atoms with Crippen LogP contribution >= 0.6 is 0 Å². The van der Waals surface area contributed by atoms with Gasteiger partial charge in [0.2, 0.25) is 0 Å². The summed E-state index contributed by atoms with van der Waals surface area (Å²) in [5.74, 6) is 0.524. The van der Waals surface area contributed by atoms with E-state index in [0.717, 1.165) is 18.5 Å². The molecule has 3 N–H and O–H groups in total. The highest BCUT2D eigenvalue weighted by molar-refractivity contribution is 6.20. The van der Waals surface area contributed by atoms with E-state index >= 15 is 0 Å². The Balaban J connectivity index is 1.91. The third kappa shape index (κ3) is 2.08. The van der Waals surface area contributed by atoms with Crippen LogP contribution in [0, 0.1) is 0 Å². The number of aryl methyl sites for hydroxylation is 2. The predicted octanol–water partition coefficient (Wildman–Crippen LogP) is -0.0404. The van der Waals surface area contributed by atoms with Crippen LogP contribution in [-0.2, 0) is 12.8 Å². The summed E-state index contributed by atoms with van der Waals surface area (Å²) in [5, 5.41) is 6.63. The van der Waals surface area contributed by atoms with Gasteiger partial charge in [-0.2, -0.15) is 0 Å². The van der Waals surface area contributed by atoms with Crippen molar-refractivity contribution in [1.82, 2.24) is 15.2 Å². The Bertz CT molecular complexity index is 885. The van der Waals surface area contributed by atoms with Crippen LogP contribution < -0.4 is 16.1 Å². The van der Waals surface area contributed by atoms with E-state index < -0.39 is 0 Å². The summed E-state index contributed by atoms with van der Waals surface area (Å²) < 4.78 is 0.